The normalized spacial score (nSPS) is 10.6. The van der Waals surface area contributed by atoms with Crippen molar-refractivity contribution in [3.05, 3.63) is 55.7 Å². The van der Waals surface area contributed by atoms with Gasteiger partial charge in [-0.05, 0) is 44.9 Å². The Balaban J connectivity index is 2.24. The Kier molecular flexibility index (Phi) is 4.66. The van der Waals surface area contributed by atoms with Crippen LogP contribution >= 0.6 is 11.6 Å². The van der Waals surface area contributed by atoms with E-state index in [1.807, 2.05) is 19.9 Å². The number of aryl methyl sites for hydroxylation is 4. The molecule has 1 heterocycles. The van der Waals surface area contributed by atoms with Crippen LogP contribution in [-0.2, 0) is 11.2 Å². The zero-order valence-electron chi connectivity index (χ0n) is 13.0. The van der Waals surface area contributed by atoms with Gasteiger partial charge in [-0.2, -0.15) is 0 Å². The number of aromatic nitrogens is 2. The van der Waals surface area contributed by atoms with Gasteiger partial charge in [-0.15, -0.1) is 0 Å². The molecule has 0 atom stereocenters. The quantitative estimate of drug-likeness (QED) is 0.913. The molecule has 0 aliphatic heterocycles. The Bertz CT molecular complexity index is 773. The van der Waals surface area contributed by atoms with Crippen molar-refractivity contribution >= 4 is 23.2 Å². The first-order valence-electron chi connectivity index (χ1n) is 6.91. The minimum absolute atomic E-state index is 0.0436. The van der Waals surface area contributed by atoms with Gasteiger partial charge in [-0.3, -0.25) is 9.59 Å². The molecule has 116 valence electrons. The molecule has 22 heavy (non-hydrogen) atoms. The van der Waals surface area contributed by atoms with Gasteiger partial charge in [0.2, 0.25) is 5.91 Å². The number of carbonyl (C=O) groups excluding carboxylic acids is 1. The topological polar surface area (TPSA) is 74.8 Å². The summed E-state index contributed by atoms with van der Waals surface area (Å²) in [7, 11) is 0. The Morgan fingerprint density at radius 1 is 1.27 bits per heavy atom. The minimum atomic E-state index is -0.298. The molecule has 1 aromatic carbocycles. The minimum Gasteiger partial charge on any atom is -0.324 e. The van der Waals surface area contributed by atoms with E-state index in [1.54, 1.807) is 19.9 Å². The fourth-order valence-corrected chi connectivity index (χ4v) is 2.75. The van der Waals surface area contributed by atoms with Crippen LogP contribution in [0.1, 0.15) is 28.2 Å². The molecule has 1 aromatic heterocycles. The molecule has 0 saturated heterocycles. The number of nitrogens with one attached hydrogen (secondary N) is 2. The lowest BCUT2D eigenvalue weighted by molar-refractivity contribution is -0.115. The van der Waals surface area contributed by atoms with Crippen LogP contribution in [0.2, 0.25) is 5.02 Å². The van der Waals surface area contributed by atoms with Crippen LogP contribution < -0.4 is 10.9 Å². The number of rotatable bonds is 3. The molecule has 2 aromatic rings. The third-order valence-corrected chi connectivity index (χ3v) is 3.67. The molecule has 0 fully saturated rings. The number of H-pyrrole nitrogens is 1. The van der Waals surface area contributed by atoms with Crippen molar-refractivity contribution in [3.8, 4) is 0 Å². The standard InChI is InChI=1S/C16H18ClN3O2/c1-8-5-9(2)15(13(17)6-8)20-14(21)7-12-10(3)18-11(4)19-16(12)22/h5-6H,7H2,1-4H3,(H,20,21)(H,18,19,22). The maximum Gasteiger partial charge on any atom is 0.254 e. The lowest BCUT2D eigenvalue weighted by Crippen LogP contribution is -2.24. The average Bonchev–Trinajstić information content (AvgIpc) is 2.38. The molecule has 0 bridgehead atoms. The van der Waals surface area contributed by atoms with Gasteiger partial charge in [0.15, 0.2) is 0 Å². The van der Waals surface area contributed by atoms with Crippen LogP contribution in [0.25, 0.3) is 0 Å². The summed E-state index contributed by atoms with van der Waals surface area (Å²) in [4.78, 5) is 30.9. The molecule has 0 radical (unpaired) electrons. The summed E-state index contributed by atoms with van der Waals surface area (Å²) in [6.07, 6.45) is -0.0436. The Hall–Kier alpha value is -2.14. The van der Waals surface area contributed by atoms with Gasteiger partial charge in [-0.1, -0.05) is 17.7 Å². The number of amides is 1. The Morgan fingerprint density at radius 3 is 2.55 bits per heavy atom. The van der Waals surface area contributed by atoms with Crippen molar-refractivity contribution in [3.63, 3.8) is 0 Å². The predicted molar refractivity (Wildman–Crippen MR) is 87.6 cm³/mol. The molecule has 0 spiro atoms. The molecule has 0 saturated carbocycles. The van der Waals surface area contributed by atoms with Crippen molar-refractivity contribution < 1.29 is 4.79 Å². The highest BCUT2D eigenvalue weighted by Gasteiger charge is 2.14. The van der Waals surface area contributed by atoms with Crippen molar-refractivity contribution in [2.45, 2.75) is 34.1 Å². The van der Waals surface area contributed by atoms with Crippen LogP contribution in [0.5, 0.6) is 0 Å². The average molecular weight is 320 g/mol. The van der Waals surface area contributed by atoms with E-state index in [9.17, 15) is 9.59 Å². The van der Waals surface area contributed by atoms with E-state index in [0.717, 1.165) is 11.1 Å². The van der Waals surface area contributed by atoms with E-state index in [0.29, 0.717) is 27.8 Å². The van der Waals surface area contributed by atoms with Gasteiger partial charge in [0.1, 0.15) is 5.82 Å². The largest absolute Gasteiger partial charge is 0.324 e. The SMILES string of the molecule is Cc1cc(C)c(NC(=O)Cc2c(C)nc(C)[nH]c2=O)c(Cl)c1. The van der Waals surface area contributed by atoms with E-state index >= 15 is 0 Å². The number of hydrogen-bond donors (Lipinski definition) is 2. The van der Waals surface area contributed by atoms with Crippen LogP contribution in [0, 0.1) is 27.7 Å². The molecule has 2 rings (SSSR count). The van der Waals surface area contributed by atoms with Gasteiger partial charge >= 0.3 is 0 Å². The van der Waals surface area contributed by atoms with Crippen molar-refractivity contribution in [2.75, 3.05) is 5.32 Å². The maximum absolute atomic E-state index is 12.2. The molecule has 0 unspecified atom stereocenters. The van der Waals surface area contributed by atoms with Gasteiger partial charge < -0.3 is 10.3 Å². The van der Waals surface area contributed by atoms with Gasteiger partial charge in [0, 0.05) is 11.3 Å². The van der Waals surface area contributed by atoms with Crippen molar-refractivity contribution in [1.29, 1.82) is 0 Å². The summed E-state index contributed by atoms with van der Waals surface area (Å²) >= 11 is 6.17. The number of carbonyl (C=O) groups is 1. The molecule has 0 aliphatic rings. The number of nitrogens with zero attached hydrogens (tertiary/aromatic N) is 1. The highest BCUT2D eigenvalue weighted by Crippen LogP contribution is 2.27. The smallest absolute Gasteiger partial charge is 0.254 e. The molecule has 0 aliphatic carbocycles. The van der Waals surface area contributed by atoms with E-state index in [-0.39, 0.29) is 17.9 Å². The van der Waals surface area contributed by atoms with Gasteiger partial charge in [0.05, 0.1) is 17.1 Å². The zero-order chi connectivity index (χ0) is 16.4. The lowest BCUT2D eigenvalue weighted by atomic mass is 10.1. The van der Waals surface area contributed by atoms with Crippen LogP contribution in [0.15, 0.2) is 16.9 Å². The number of halogens is 1. The van der Waals surface area contributed by atoms with E-state index in [4.69, 9.17) is 11.6 Å². The Labute approximate surface area is 133 Å². The summed E-state index contributed by atoms with van der Waals surface area (Å²) in [5.74, 6) is 0.234. The summed E-state index contributed by atoms with van der Waals surface area (Å²) in [6.45, 7) is 7.23. The molecule has 5 nitrogen and oxygen atoms in total. The van der Waals surface area contributed by atoms with Gasteiger partial charge in [-0.25, -0.2) is 4.98 Å². The van der Waals surface area contributed by atoms with Crippen molar-refractivity contribution in [2.24, 2.45) is 0 Å². The second kappa shape index (κ2) is 6.32. The first-order chi connectivity index (χ1) is 10.3. The first-order valence-corrected chi connectivity index (χ1v) is 7.28. The van der Waals surface area contributed by atoms with Crippen molar-refractivity contribution in [1.82, 2.24) is 9.97 Å². The fourth-order valence-electron chi connectivity index (χ4n) is 2.38. The third kappa shape index (κ3) is 3.54. The summed E-state index contributed by atoms with van der Waals surface area (Å²) in [5.41, 5.74) is 3.12. The number of aromatic amines is 1. The molecular formula is C16H18ClN3O2. The fraction of sp³-hybridized carbons (Fsp3) is 0.312. The second-order valence-electron chi connectivity index (χ2n) is 5.38. The van der Waals surface area contributed by atoms with Crippen LogP contribution in [0.3, 0.4) is 0 Å². The first kappa shape index (κ1) is 16.2. The molecule has 2 N–H and O–H groups in total. The third-order valence-electron chi connectivity index (χ3n) is 3.37. The van der Waals surface area contributed by atoms with Crippen LogP contribution in [-0.4, -0.2) is 15.9 Å². The molecule has 6 heteroatoms. The highest BCUT2D eigenvalue weighted by molar-refractivity contribution is 6.34. The summed E-state index contributed by atoms with van der Waals surface area (Å²) < 4.78 is 0. The summed E-state index contributed by atoms with van der Waals surface area (Å²) in [6, 6.07) is 3.72. The number of hydrogen-bond acceptors (Lipinski definition) is 3. The van der Waals surface area contributed by atoms with E-state index < -0.39 is 0 Å². The molecule has 1 amide bonds. The number of benzene rings is 1. The monoisotopic (exact) mass is 319 g/mol. The lowest BCUT2D eigenvalue weighted by Gasteiger charge is -2.12. The van der Waals surface area contributed by atoms with E-state index in [1.165, 1.54) is 0 Å². The number of anilines is 1. The zero-order valence-corrected chi connectivity index (χ0v) is 13.8. The van der Waals surface area contributed by atoms with E-state index in [2.05, 4.69) is 15.3 Å². The molecular weight excluding hydrogens is 302 g/mol. The van der Waals surface area contributed by atoms with Crippen LogP contribution in [0.4, 0.5) is 5.69 Å². The van der Waals surface area contributed by atoms with Gasteiger partial charge in [0.25, 0.3) is 5.56 Å². The predicted octanol–water partition coefficient (Wildman–Crippen LogP) is 2.84. The second-order valence-corrected chi connectivity index (χ2v) is 5.79. The maximum atomic E-state index is 12.2. The Morgan fingerprint density at radius 2 is 1.95 bits per heavy atom. The highest BCUT2D eigenvalue weighted by atomic mass is 35.5. The summed E-state index contributed by atoms with van der Waals surface area (Å²) in [5, 5.41) is 3.26.